The van der Waals surface area contributed by atoms with Crippen LogP contribution >= 0.6 is 0 Å². The third kappa shape index (κ3) is 3.96. The summed E-state index contributed by atoms with van der Waals surface area (Å²) in [5.74, 6) is 0. The van der Waals surface area contributed by atoms with Crippen LogP contribution in [0.4, 0.5) is 10.5 Å². The normalized spacial score (nSPS) is 12.0. The fourth-order valence-electron chi connectivity index (χ4n) is 2.68. The molecule has 0 aliphatic heterocycles. The van der Waals surface area contributed by atoms with Crippen LogP contribution in [-0.4, -0.2) is 39.0 Å². The maximum absolute atomic E-state index is 12.6. The van der Waals surface area contributed by atoms with Crippen LogP contribution in [0.2, 0.25) is 0 Å². The number of carbonyl (C=O) groups excluding carboxylic acids is 1. The van der Waals surface area contributed by atoms with E-state index in [1.807, 2.05) is 57.2 Å². The summed E-state index contributed by atoms with van der Waals surface area (Å²) in [7, 11) is 1.79. The van der Waals surface area contributed by atoms with Crippen LogP contribution < -0.4 is 5.32 Å². The highest BCUT2D eigenvalue weighted by molar-refractivity contribution is 5.91. The number of aryl methyl sites for hydroxylation is 2. The van der Waals surface area contributed by atoms with Crippen LogP contribution in [0.15, 0.2) is 42.6 Å². The first-order valence-corrected chi connectivity index (χ1v) is 8.63. The van der Waals surface area contributed by atoms with Gasteiger partial charge in [-0.05, 0) is 51.1 Å². The number of carbonyl (C=O) groups is 1. The number of benzene rings is 1. The molecule has 0 aliphatic rings. The van der Waals surface area contributed by atoms with Gasteiger partial charge in [0.2, 0.25) is 0 Å². The average Bonchev–Trinajstić information content (AvgIpc) is 2.63. The van der Waals surface area contributed by atoms with Crippen LogP contribution in [0, 0.1) is 13.8 Å². The Balaban J connectivity index is 1.70. The molecule has 3 rings (SSSR count). The van der Waals surface area contributed by atoms with Gasteiger partial charge in [0.1, 0.15) is 0 Å². The molecule has 6 heteroatoms. The SMILES string of the molecule is Cc1nc2ccc(NC(=O)N(C)C(C)Cc3ccccn3)cc2nc1C. The van der Waals surface area contributed by atoms with E-state index in [9.17, 15) is 4.79 Å². The molecule has 0 fully saturated rings. The molecule has 3 aromatic rings. The predicted octanol–water partition coefficient (Wildman–Crippen LogP) is 3.74. The van der Waals surface area contributed by atoms with Crippen molar-refractivity contribution in [1.29, 1.82) is 0 Å². The van der Waals surface area contributed by atoms with Crippen molar-refractivity contribution < 1.29 is 4.79 Å². The van der Waals surface area contributed by atoms with Crippen molar-refractivity contribution in [1.82, 2.24) is 19.9 Å². The van der Waals surface area contributed by atoms with Crippen molar-refractivity contribution >= 4 is 22.8 Å². The van der Waals surface area contributed by atoms with E-state index < -0.39 is 0 Å². The van der Waals surface area contributed by atoms with Gasteiger partial charge in [0, 0.05) is 37.1 Å². The Hall–Kier alpha value is -3.02. The number of nitrogens with one attached hydrogen (secondary N) is 1. The highest BCUT2D eigenvalue weighted by atomic mass is 16.2. The van der Waals surface area contributed by atoms with Gasteiger partial charge in [-0.25, -0.2) is 14.8 Å². The van der Waals surface area contributed by atoms with Gasteiger partial charge >= 0.3 is 6.03 Å². The zero-order valence-electron chi connectivity index (χ0n) is 15.5. The molecule has 1 unspecified atom stereocenters. The minimum absolute atomic E-state index is 0.0232. The van der Waals surface area contributed by atoms with E-state index >= 15 is 0 Å². The Morgan fingerprint density at radius 3 is 2.54 bits per heavy atom. The quantitative estimate of drug-likeness (QED) is 0.779. The Labute approximate surface area is 153 Å². The fraction of sp³-hybridized carbons (Fsp3) is 0.300. The topological polar surface area (TPSA) is 71.0 Å². The summed E-state index contributed by atoms with van der Waals surface area (Å²) in [5, 5.41) is 2.93. The highest BCUT2D eigenvalue weighted by Gasteiger charge is 2.17. The molecule has 1 atom stereocenters. The van der Waals surface area contributed by atoms with Crippen LogP contribution in [0.3, 0.4) is 0 Å². The van der Waals surface area contributed by atoms with Crippen molar-refractivity contribution in [3.05, 3.63) is 59.7 Å². The lowest BCUT2D eigenvalue weighted by Gasteiger charge is -2.25. The number of pyridine rings is 1. The van der Waals surface area contributed by atoms with Crippen molar-refractivity contribution in [2.75, 3.05) is 12.4 Å². The van der Waals surface area contributed by atoms with Crippen molar-refractivity contribution in [2.45, 2.75) is 33.2 Å². The number of amides is 2. The lowest BCUT2D eigenvalue weighted by atomic mass is 10.1. The maximum Gasteiger partial charge on any atom is 0.321 e. The summed E-state index contributed by atoms with van der Waals surface area (Å²) >= 11 is 0. The second-order valence-electron chi connectivity index (χ2n) is 6.51. The van der Waals surface area contributed by atoms with Gasteiger partial charge in [0.25, 0.3) is 0 Å². The van der Waals surface area contributed by atoms with Gasteiger partial charge in [-0.2, -0.15) is 0 Å². The molecule has 1 N–H and O–H groups in total. The van der Waals surface area contributed by atoms with E-state index in [0.717, 1.165) is 28.1 Å². The van der Waals surface area contributed by atoms with E-state index in [1.165, 1.54) is 0 Å². The van der Waals surface area contributed by atoms with Gasteiger partial charge in [-0.15, -0.1) is 0 Å². The Morgan fingerprint density at radius 1 is 1.12 bits per heavy atom. The smallest absolute Gasteiger partial charge is 0.321 e. The van der Waals surface area contributed by atoms with Crippen LogP contribution in [0.1, 0.15) is 24.0 Å². The Morgan fingerprint density at radius 2 is 1.85 bits per heavy atom. The number of hydrogen-bond acceptors (Lipinski definition) is 4. The molecule has 1 aromatic carbocycles. The average molecular weight is 349 g/mol. The predicted molar refractivity (Wildman–Crippen MR) is 103 cm³/mol. The molecule has 134 valence electrons. The number of hydrogen-bond donors (Lipinski definition) is 1. The van der Waals surface area contributed by atoms with E-state index in [4.69, 9.17) is 0 Å². The number of urea groups is 1. The largest absolute Gasteiger partial charge is 0.324 e. The second kappa shape index (κ2) is 7.47. The number of rotatable bonds is 4. The van der Waals surface area contributed by atoms with Crippen LogP contribution in [0.5, 0.6) is 0 Å². The van der Waals surface area contributed by atoms with Crippen LogP contribution in [-0.2, 0) is 6.42 Å². The van der Waals surface area contributed by atoms with Gasteiger partial charge in [-0.3, -0.25) is 4.98 Å². The molecule has 2 aromatic heterocycles. The van der Waals surface area contributed by atoms with Crippen molar-refractivity contribution in [3.8, 4) is 0 Å². The monoisotopic (exact) mass is 349 g/mol. The lowest BCUT2D eigenvalue weighted by Crippen LogP contribution is -2.39. The highest BCUT2D eigenvalue weighted by Crippen LogP contribution is 2.18. The molecular weight excluding hydrogens is 326 g/mol. The standard InChI is InChI=1S/C20H23N5O/c1-13(11-16-7-5-6-10-21-16)25(4)20(26)24-17-8-9-18-19(12-17)23-15(3)14(2)22-18/h5-10,12-13H,11H2,1-4H3,(H,24,26). The number of aromatic nitrogens is 3. The lowest BCUT2D eigenvalue weighted by molar-refractivity contribution is 0.207. The summed E-state index contributed by atoms with van der Waals surface area (Å²) in [4.78, 5) is 27.6. The van der Waals surface area contributed by atoms with Crippen LogP contribution in [0.25, 0.3) is 11.0 Å². The summed E-state index contributed by atoms with van der Waals surface area (Å²) in [6.07, 6.45) is 2.47. The second-order valence-corrected chi connectivity index (χ2v) is 6.51. The minimum Gasteiger partial charge on any atom is -0.324 e. The van der Waals surface area contributed by atoms with Gasteiger partial charge in [0.05, 0.1) is 22.4 Å². The molecule has 0 aliphatic carbocycles. The molecule has 0 spiro atoms. The molecule has 2 heterocycles. The first-order chi connectivity index (χ1) is 12.4. The molecule has 2 amide bonds. The molecular formula is C20H23N5O. The number of nitrogens with zero attached hydrogens (tertiary/aromatic N) is 4. The summed E-state index contributed by atoms with van der Waals surface area (Å²) in [6.45, 7) is 5.88. The van der Waals surface area contributed by atoms with E-state index in [0.29, 0.717) is 12.1 Å². The number of likely N-dealkylation sites (N-methyl/N-ethyl adjacent to an activating group) is 1. The third-order valence-corrected chi connectivity index (χ3v) is 4.54. The summed E-state index contributed by atoms with van der Waals surface area (Å²) in [5.41, 5.74) is 5.07. The molecule has 0 saturated carbocycles. The van der Waals surface area contributed by atoms with Crippen molar-refractivity contribution in [3.63, 3.8) is 0 Å². The summed E-state index contributed by atoms with van der Waals surface area (Å²) in [6, 6.07) is 11.2. The van der Waals surface area contributed by atoms with E-state index in [2.05, 4.69) is 20.3 Å². The van der Waals surface area contributed by atoms with Gasteiger partial charge in [-0.1, -0.05) is 6.07 Å². The Bertz CT molecular complexity index is 926. The number of anilines is 1. The van der Waals surface area contributed by atoms with E-state index in [1.54, 1.807) is 18.1 Å². The zero-order valence-corrected chi connectivity index (χ0v) is 15.5. The summed E-state index contributed by atoms with van der Waals surface area (Å²) < 4.78 is 0. The molecule has 0 saturated heterocycles. The van der Waals surface area contributed by atoms with E-state index in [-0.39, 0.29) is 12.1 Å². The molecule has 0 bridgehead atoms. The molecule has 0 radical (unpaired) electrons. The maximum atomic E-state index is 12.6. The Kier molecular flexibility index (Phi) is 5.11. The molecule has 26 heavy (non-hydrogen) atoms. The first kappa shape index (κ1) is 17.8. The van der Waals surface area contributed by atoms with Gasteiger partial charge in [0.15, 0.2) is 0 Å². The van der Waals surface area contributed by atoms with Gasteiger partial charge < -0.3 is 10.2 Å². The third-order valence-electron chi connectivity index (χ3n) is 4.54. The molecule has 6 nitrogen and oxygen atoms in total. The minimum atomic E-state index is -0.162. The zero-order chi connectivity index (χ0) is 18.7. The van der Waals surface area contributed by atoms with Crippen molar-refractivity contribution in [2.24, 2.45) is 0 Å². The fourth-order valence-corrected chi connectivity index (χ4v) is 2.68. The number of fused-ring (bicyclic) bond motifs is 1. The first-order valence-electron chi connectivity index (χ1n) is 8.63.